The lowest BCUT2D eigenvalue weighted by Crippen LogP contribution is -2.34. The minimum atomic E-state index is -3.66. The monoisotopic (exact) mass is 416 g/mol. The summed E-state index contributed by atoms with van der Waals surface area (Å²) < 4.78 is 26.8. The largest absolute Gasteiger partial charge is 0.324 e. The van der Waals surface area contributed by atoms with Crippen molar-refractivity contribution in [1.29, 1.82) is 0 Å². The molecule has 0 radical (unpaired) electrons. The van der Waals surface area contributed by atoms with Gasteiger partial charge in [-0.05, 0) is 53.0 Å². The summed E-state index contributed by atoms with van der Waals surface area (Å²) in [6.45, 7) is 3.55. The Morgan fingerprint density at radius 3 is 2.35 bits per heavy atom. The molecule has 0 aliphatic carbocycles. The van der Waals surface area contributed by atoms with E-state index >= 15 is 0 Å². The summed E-state index contributed by atoms with van der Waals surface area (Å²) in [5, 5.41) is 2.79. The molecule has 1 aromatic carbocycles. The molecule has 1 aromatic heterocycles. The number of amides is 1. The third kappa shape index (κ3) is 4.20. The van der Waals surface area contributed by atoms with Crippen LogP contribution in [0.5, 0.6) is 0 Å². The van der Waals surface area contributed by atoms with Gasteiger partial charge in [-0.2, -0.15) is 4.31 Å². The van der Waals surface area contributed by atoms with E-state index in [4.69, 9.17) is 0 Å². The van der Waals surface area contributed by atoms with Crippen LogP contribution >= 0.6 is 27.3 Å². The highest BCUT2D eigenvalue weighted by Crippen LogP contribution is 2.28. The molecular formula is C15H17BrN2O3S2. The second-order valence-corrected chi connectivity index (χ2v) is 9.87. The topological polar surface area (TPSA) is 66.5 Å². The lowest BCUT2D eigenvalue weighted by molar-refractivity contribution is -0.116. The molecule has 124 valence electrons. The SMILES string of the molecule is Cc1cccc(C)c1NC(=O)CN(C)S(=O)(=O)c1ccc(Br)s1. The van der Waals surface area contributed by atoms with Crippen LogP contribution in [-0.4, -0.2) is 32.2 Å². The molecule has 0 bridgehead atoms. The summed E-state index contributed by atoms with van der Waals surface area (Å²) in [5.41, 5.74) is 2.60. The second-order valence-electron chi connectivity index (χ2n) is 5.13. The first-order valence-electron chi connectivity index (χ1n) is 6.79. The predicted molar refractivity (Wildman–Crippen MR) is 96.4 cm³/mol. The van der Waals surface area contributed by atoms with E-state index < -0.39 is 10.0 Å². The summed E-state index contributed by atoms with van der Waals surface area (Å²) in [5.74, 6) is -0.371. The highest BCUT2D eigenvalue weighted by atomic mass is 79.9. The maximum absolute atomic E-state index is 12.4. The summed E-state index contributed by atoms with van der Waals surface area (Å²) in [6, 6.07) is 8.89. The van der Waals surface area contributed by atoms with E-state index in [1.54, 1.807) is 6.07 Å². The van der Waals surface area contributed by atoms with Crippen molar-refractivity contribution >= 4 is 48.9 Å². The maximum Gasteiger partial charge on any atom is 0.252 e. The third-order valence-electron chi connectivity index (χ3n) is 3.32. The minimum absolute atomic E-state index is 0.201. The summed E-state index contributed by atoms with van der Waals surface area (Å²) in [6.07, 6.45) is 0. The first-order chi connectivity index (χ1) is 10.7. The third-order valence-corrected chi connectivity index (χ3v) is 7.22. The fourth-order valence-corrected chi connectivity index (χ4v) is 5.42. The Hall–Kier alpha value is -1.22. The van der Waals surface area contributed by atoms with Crippen LogP contribution in [0.25, 0.3) is 0 Å². The fourth-order valence-electron chi connectivity index (χ4n) is 2.07. The normalized spacial score (nSPS) is 11.7. The van der Waals surface area contributed by atoms with Crippen molar-refractivity contribution in [3.05, 3.63) is 45.2 Å². The van der Waals surface area contributed by atoms with Gasteiger partial charge in [0.15, 0.2) is 0 Å². The Kier molecular flexibility index (Phi) is 5.61. The van der Waals surface area contributed by atoms with Crippen LogP contribution in [0.1, 0.15) is 11.1 Å². The van der Waals surface area contributed by atoms with Gasteiger partial charge >= 0.3 is 0 Å². The number of hydrogen-bond donors (Lipinski definition) is 1. The molecule has 2 aromatic rings. The highest BCUT2D eigenvalue weighted by molar-refractivity contribution is 9.11. The molecule has 0 unspecified atom stereocenters. The van der Waals surface area contributed by atoms with Gasteiger partial charge in [-0.1, -0.05) is 18.2 Å². The van der Waals surface area contributed by atoms with Gasteiger partial charge in [-0.15, -0.1) is 11.3 Å². The average Bonchev–Trinajstić information content (AvgIpc) is 2.90. The number of anilines is 1. The summed E-state index contributed by atoms with van der Waals surface area (Å²) >= 11 is 4.36. The smallest absolute Gasteiger partial charge is 0.252 e. The number of sulfonamides is 1. The quantitative estimate of drug-likeness (QED) is 0.811. The van der Waals surface area contributed by atoms with Crippen LogP contribution < -0.4 is 5.32 Å². The van der Waals surface area contributed by atoms with Gasteiger partial charge in [0.2, 0.25) is 5.91 Å². The van der Waals surface area contributed by atoms with Crippen molar-refractivity contribution in [3.8, 4) is 0 Å². The van der Waals surface area contributed by atoms with E-state index in [9.17, 15) is 13.2 Å². The number of halogens is 1. The number of nitrogens with zero attached hydrogens (tertiary/aromatic N) is 1. The van der Waals surface area contributed by atoms with E-state index in [1.165, 1.54) is 13.1 Å². The van der Waals surface area contributed by atoms with Crippen molar-refractivity contribution < 1.29 is 13.2 Å². The number of para-hydroxylation sites is 1. The number of hydrogen-bond acceptors (Lipinski definition) is 4. The molecule has 5 nitrogen and oxygen atoms in total. The zero-order chi connectivity index (χ0) is 17.2. The molecule has 0 fully saturated rings. The average molecular weight is 417 g/mol. The number of rotatable bonds is 5. The van der Waals surface area contributed by atoms with E-state index in [1.807, 2.05) is 32.0 Å². The van der Waals surface area contributed by atoms with Gasteiger partial charge in [0, 0.05) is 12.7 Å². The number of carbonyl (C=O) groups excluding carboxylic acids is 1. The Balaban J connectivity index is 2.11. The predicted octanol–water partition coefficient (Wildman–Crippen LogP) is 3.39. The van der Waals surface area contributed by atoms with Crippen LogP contribution in [0.4, 0.5) is 5.69 Å². The molecule has 0 aliphatic rings. The Morgan fingerprint density at radius 2 is 1.83 bits per heavy atom. The van der Waals surface area contributed by atoms with Crippen LogP contribution in [0.3, 0.4) is 0 Å². The number of thiophene rings is 1. The first-order valence-corrected chi connectivity index (χ1v) is 9.84. The molecular weight excluding hydrogens is 400 g/mol. The number of nitrogens with one attached hydrogen (secondary N) is 1. The van der Waals surface area contributed by atoms with Crippen LogP contribution in [0.15, 0.2) is 38.3 Å². The highest BCUT2D eigenvalue weighted by Gasteiger charge is 2.24. The van der Waals surface area contributed by atoms with E-state index in [2.05, 4.69) is 21.2 Å². The second kappa shape index (κ2) is 7.12. The molecule has 0 saturated carbocycles. The first kappa shape index (κ1) is 18.1. The molecule has 0 saturated heterocycles. The van der Waals surface area contributed by atoms with Crippen molar-refractivity contribution in [1.82, 2.24) is 4.31 Å². The molecule has 2 rings (SSSR count). The van der Waals surface area contributed by atoms with Crippen molar-refractivity contribution in [2.45, 2.75) is 18.1 Å². The standard InChI is InChI=1S/C15H17BrN2O3S2/c1-10-5-4-6-11(2)15(10)17-13(19)9-18(3)23(20,21)14-8-7-12(16)22-14/h4-8H,9H2,1-3H3,(H,17,19). The molecule has 8 heteroatoms. The zero-order valence-corrected chi connectivity index (χ0v) is 16.2. The molecule has 23 heavy (non-hydrogen) atoms. The molecule has 0 aliphatic heterocycles. The molecule has 0 spiro atoms. The maximum atomic E-state index is 12.4. The lowest BCUT2D eigenvalue weighted by Gasteiger charge is -2.17. The number of benzene rings is 1. The summed E-state index contributed by atoms with van der Waals surface area (Å²) in [7, 11) is -2.27. The van der Waals surface area contributed by atoms with Crippen LogP contribution in [0.2, 0.25) is 0 Å². The van der Waals surface area contributed by atoms with Gasteiger partial charge in [-0.25, -0.2) is 8.42 Å². The van der Waals surface area contributed by atoms with Crippen LogP contribution in [-0.2, 0) is 14.8 Å². The minimum Gasteiger partial charge on any atom is -0.324 e. The van der Waals surface area contributed by atoms with Crippen molar-refractivity contribution in [2.75, 3.05) is 18.9 Å². The molecule has 1 amide bonds. The summed E-state index contributed by atoms with van der Waals surface area (Å²) in [4.78, 5) is 12.2. The lowest BCUT2D eigenvalue weighted by atomic mass is 10.1. The number of carbonyl (C=O) groups is 1. The Bertz CT molecular complexity index is 811. The van der Waals surface area contributed by atoms with Gasteiger partial charge < -0.3 is 5.32 Å². The van der Waals surface area contributed by atoms with Crippen molar-refractivity contribution in [3.63, 3.8) is 0 Å². The number of likely N-dealkylation sites (N-methyl/N-ethyl adjacent to an activating group) is 1. The zero-order valence-electron chi connectivity index (χ0n) is 13.0. The molecule has 1 heterocycles. The fraction of sp³-hybridized carbons (Fsp3) is 0.267. The van der Waals surface area contributed by atoms with E-state index in [-0.39, 0.29) is 16.7 Å². The van der Waals surface area contributed by atoms with Gasteiger partial charge in [-0.3, -0.25) is 4.79 Å². The molecule has 0 atom stereocenters. The van der Waals surface area contributed by atoms with Gasteiger partial charge in [0.25, 0.3) is 10.0 Å². The van der Waals surface area contributed by atoms with Crippen LogP contribution in [0, 0.1) is 13.8 Å². The van der Waals surface area contributed by atoms with Crippen molar-refractivity contribution in [2.24, 2.45) is 0 Å². The number of aryl methyl sites for hydroxylation is 2. The van der Waals surface area contributed by atoms with Gasteiger partial charge in [0.1, 0.15) is 4.21 Å². The Labute approximate surface area is 148 Å². The molecule has 1 N–H and O–H groups in total. The van der Waals surface area contributed by atoms with Gasteiger partial charge in [0.05, 0.1) is 10.3 Å². The van der Waals surface area contributed by atoms with E-state index in [0.717, 1.165) is 36.2 Å². The Morgan fingerprint density at radius 1 is 1.22 bits per heavy atom. The van der Waals surface area contributed by atoms with E-state index in [0.29, 0.717) is 0 Å².